The summed E-state index contributed by atoms with van der Waals surface area (Å²) in [6.45, 7) is 2.38. The first-order valence-electron chi connectivity index (χ1n) is 7.10. The average molecular weight is 375 g/mol. The summed E-state index contributed by atoms with van der Waals surface area (Å²) in [6.07, 6.45) is 2.03. The largest absolute Gasteiger partial charge is 0.381 e. The Morgan fingerprint density at radius 3 is 2.71 bits per heavy atom. The van der Waals surface area contributed by atoms with Gasteiger partial charge in [0.2, 0.25) is 5.91 Å². The minimum Gasteiger partial charge on any atom is -0.381 e. The summed E-state index contributed by atoms with van der Waals surface area (Å²) >= 11 is 9.67. The highest BCUT2D eigenvalue weighted by atomic mass is 79.9. The number of nitrogens with zero attached hydrogens (tertiary/aromatic N) is 2. The monoisotopic (exact) mass is 373 g/mol. The molecule has 0 unspecified atom stereocenters. The Hall–Kier alpha value is -0.780. The Balaban J connectivity index is 1.84. The van der Waals surface area contributed by atoms with Gasteiger partial charge in [-0.15, -0.1) is 0 Å². The lowest BCUT2D eigenvalue weighted by Gasteiger charge is -2.33. The topological polar surface area (TPSA) is 35.6 Å². The third kappa shape index (κ3) is 4.87. The summed E-state index contributed by atoms with van der Waals surface area (Å²) in [5.74, 6) is 0.163. The van der Waals surface area contributed by atoms with E-state index in [0.717, 1.165) is 41.1 Å². The Bertz CT molecular complexity index is 502. The van der Waals surface area contributed by atoms with E-state index < -0.39 is 0 Å². The fraction of sp³-hybridized carbons (Fsp3) is 0.533. The Labute approximate surface area is 139 Å². The van der Waals surface area contributed by atoms with Gasteiger partial charge in [0.25, 0.3) is 0 Å². The van der Waals surface area contributed by atoms with Gasteiger partial charge in [-0.1, -0.05) is 27.5 Å². The predicted octanol–water partition coefficient (Wildman–Crippen LogP) is 3.07. The van der Waals surface area contributed by atoms with Crippen molar-refractivity contribution in [3.8, 4) is 0 Å². The van der Waals surface area contributed by atoms with Crippen molar-refractivity contribution in [1.29, 1.82) is 0 Å². The van der Waals surface area contributed by atoms with Crippen LogP contribution in [0.25, 0.3) is 0 Å². The van der Waals surface area contributed by atoms with Gasteiger partial charge in [-0.25, -0.2) is 0 Å². The molecule has 0 spiro atoms. The number of likely N-dealkylation sites (tertiary alicyclic amines) is 1. The molecule has 4 nitrogen and oxygen atoms in total. The molecule has 2 rings (SSSR count). The molecule has 0 radical (unpaired) electrons. The Morgan fingerprint density at radius 1 is 1.43 bits per heavy atom. The van der Waals surface area contributed by atoms with Crippen LogP contribution in [0.15, 0.2) is 22.7 Å². The third-order valence-corrected chi connectivity index (χ3v) is 4.56. The number of carbonyl (C=O) groups excluding carboxylic acids is 1. The van der Waals surface area contributed by atoms with Crippen molar-refractivity contribution in [3.63, 3.8) is 0 Å². The van der Waals surface area contributed by atoms with Gasteiger partial charge in [0.15, 0.2) is 0 Å². The number of carbonyl (C=O) groups is 1. The molecule has 0 aliphatic carbocycles. The highest BCUT2D eigenvalue weighted by Crippen LogP contribution is 2.27. The van der Waals surface area contributed by atoms with Crippen molar-refractivity contribution in [2.45, 2.75) is 18.9 Å². The Kier molecular flexibility index (Phi) is 5.90. The van der Waals surface area contributed by atoms with Crippen LogP contribution in [0.4, 0.5) is 5.69 Å². The molecule has 1 aromatic rings. The quantitative estimate of drug-likeness (QED) is 0.880. The maximum atomic E-state index is 11.7. The van der Waals surface area contributed by atoms with Crippen LogP contribution in [0.2, 0.25) is 5.02 Å². The van der Waals surface area contributed by atoms with Gasteiger partial charge in [0, 0.05) is 37.7 Å². The standard InChI is InChI=1S/C15H21BrClN3O/c1-19(2)15(21)10-20-7-5-12(6-8-20)18-14-9-11(16)3-4-13(14)17/h3-4,9,12,18H,5-8,10H2,1-2H3. The number of benzene rings is 1. The molecule has 1 amide bonds. The van der Waals surface area contributed by atoms with Gasteiger partial charge in [-0.3, -0.25) is 9.69 Å². The van der Waals surface area contributed by atoms with Gasteiger partial charge >= 0.3 is 0 Å². The van der Waals surface area contributed by atoms with Crippen LogP contribution in [0.3, 0.4) is 0 Å². The number of hydrogen-bond acceptors (Lipinski definition) is 3. The van der Waals surface area contributed by atoms with Gasteiger partial charge < -0.3 is 10.2 Å². The van der Waals surface area contributed by atoms with E-state index in [-0.39, 0.29) is 5.91 Å². The molecule has 6 heteroatoms. The van der Waals surface area contributed by atoms with E-state index in [1.807, 2.05) is 18.2 Å². The highest BCUT2D eigenvalue weighted by Gasteiger charge is 2.21. The second-order valence-electron chi connectivity index (χ2n) is 5.61. The number of amides is 1. The lowest BCUT2D eigenvalue weighted by Crippen LogP contribution is -2.43. The van der Waals surface area contributed by atoms with Crippen molar-refractivity contribution in [1.82, 2.24) is 9.80 Å². The van der Waals surface area contributed by atoms with Crippen LogP contribution < -0.4 is 5.32 Å². The molecule has 0 bridgehead atoms. The van der Waals surface area contributed by atoms with Crippen LogP contribution in [-0.2, 0) is 4.79 Å². The molecule has 1 heterocycles. The van der Waals surface area contributed by atoms with Crippen LogP contribution in [0.1, 0.15) is 12.8 Å². The normalized spacial score (nSPS) is 16.8. The number of anilines is 1. The van der Waals surface area contributed by atoms with Gasteiger partial charge in [0.1, 0.15) is 0 Å². The summed E-state index contributed by atoms with van der Waals surface area (Å²) in [7, 11) is 3.60. The second-order valence-corrected chi connectivity index (χ2v) is 6.93. The first-order chi connectivity index (χ1) is 9.95. The number of piperidine rings is 1. The first-order valence-corrected chi connectivity index (χ1v) is 8.27. The molecule has 1 aromatic carbocycles. The zero-order valence-electron chi connectivity index (χ0n) is 12.4. The van der Waals surface area contributed by atoms with Crippen molar-refractivity contribution >= 4 is 39.1 Å². The van der Waals surface area contributed by atoms with E-state index >= 15 is 0 Å². The van der Waals surface area contributed by atoms with Crippen molar-refractivity contribution in [2.24, 2.45) is 0 Å². The van der Waals surface area contributed by atoms with Gasteiger partial charge in [-0.05, 0) is 31.0 Å². The van der Waals surface area contributed by atoms with Gasteiger partial charge in [0.05, 0.1) is 17.3 Å². The van der Waals surface area contributed by atoms with E-state index in [0.29, 0.717) is 12.6 Å². The molecule has 1 aliphatic heterocycles. The fourth-order valence-corrected chi connectivity index (χ4v) is 2.93. The summed E-state index contributed by atoms with van der Waals surface area (Å²) in [6, 6.07) is 6.23. The van der Waals surface area contributed by atoms with Crippen LogP contribution in [0, 0.1) is 0 Å². The fourth-order valence-electron chi connectivity index (χ4n) is 2.40. The lowest BCUT2D eigenvalue weighted by atomic mass is 10.0. The minimum atomic E-state index is 0.163. The Morgan fingerprint density at radius 2 is 2.10 bits per heavy atom. The van der Waals surface area contributed by atoms with E-state index in [1.165, 1.54) is 0 Å². The smallest absolute Gasteiger partial charge is 0.236 e. The van der Waals surface area contributed by atoms with E-state index in [9.17, 15) is 4.79 Å². The third-order valence-electron chi connectivity index (χ3n) is 3.73. The summed E-state index contributed by atoms with van der Waals surface area (Å²) < 4.78 is 1.02. The number of nitrogens with one attached hydrogen (secondary N) is 1. The molecular weight excluding hydrogens is 354 g/mol. The van der Waals surface area contributed by atoms with Crippen LogP contribution in [0.5, 0.6) is 0 Å². The molecule has 1 aliphatic rings. The van der Waals surface area contributed by atoms with E-state index in [2.05, 4.69) is 26.1 Å². The number of likely N-dealkylation sites (N-methyl/N-ethyl adjacent to an activating group) is 1. The highest BCUT2D eigenvalue weighted by molar-refractivity contribution is 9.10. The lowest BCUT2D eigenvalue weighted by molar-refractivity contribution is -0.130. The zero-order valence-corrected chi connectivity index (χ0v) is 14.7. The maximum Gasteiger partial charge on any atom is 0.236 e. The maximum absolute atomic E-state index is 11.7. The molecule has 21 heavy (non-hydrogen) atoms. The molecule has 116 valence electrons. The molecule has 0 aromatic heterocycles. The van der Waals surface area contributed by atoms with E-state index in [4.69, 9.17) is 11.6 Å². The molecule has 0 saturated carbocycles. The SMILES string of the molecule is CN(C)C(=O)CN1CCC(Nc2cc(Br)ccc2Cl)CC1. The average Bonchev–Trinajstić information content (AvgIpc) is 2.45. The predicted molar refractivity (Wildman–Crippen MR) is 90.9 cm³/mol. The number of rotatable bonds is 4. The zero-order chi connectivity index (χ0) is 15.4. The second kappa shape index (κ2) is 7.47. The van der Waals surface area contributed by atoms with Crippen molar-refractivity contribution in [3.05, 3.63) is 27.7 Å². The van der Waals surface area contributed by atoms with Gasteiger partial charge in [-0.2, -0.15) is 0 Å². The summed E-state index contributed by atoms with van der Waals surface area (Å²) in [5.41, 5.74) is 0.967. The summed E-state index contributed by atoms with van der Waals surface area (Å²) in [4.78, 5) is 15.6. The van der Waals surface area contributed by atoms with E-state index in [1.54, 1.807) is 19.0 Å². The molecule has 1 fully saturated rings. The molecule has 1 N–H and O–H groups in total. The molecule has 0 atom stereocenters. The van der Waals surface area contributed by atoms with Crippen LogP contribution >= 0.6 is 27.5 Å². The number of halogens is 2. The molecular formula is C15H21BrClN3O. The minimum absolute atomic E-state index is 0.163. The summed E-state index contributed by atoms with van der Waals surface area (Å²) in [5, 5.41) is 4.24. The van der Waals surface area contributed by atoms with Crippen molar-refractivity contribution < 1.29 is 4.79 Å². The first kappa shape index (κ1) is 16.6. The van der Waals surface area contributed by atoms with Crippen LogP contribution in [-0.4, -0.2) is 55.5 Å². The van der Waals surface area contributed by atoms with Crippen molar-refractivity contribution in [2.75, 3.05) is 39.0 Å². The number of hydrogen-bond donors (Lipinski definition) is 1. The molecule has 1 saturated heterocycles.